The van der Waals surface area contributed by atoms with Gasteiger partial charge in [-0.1, -0.05) is 11.6 Å². The van der Waals surface area contributed by atoms with E-state index in [9.17, 15) is 13.6 Å². The Labute approximate surface area is 120 Å². The number of rotatable bonds is 4. The molecule has 0 amide bonds. The molecule has 1 aliphatic carbocycles. The minimum absolute atomic E-state index is 0.122. The van der Waals surface area contributed by atoms with Gasteiger partial charge in [0, 0.05) is 31.5 Å². The molecule has 21 heavy (non-hydrogen) atoms. The summed E-state index contributed by atoms with van der Waals surface area (Å²) in [4.78, 5) is 12.4. The number of aromatic nitrogens is 1. The standard InChI is InChI=1S/C14H18F2N2O3/c15-14(16)5-10(13(19)20)6-18(8-14)7-11-4-12(21-17-11)9-2-1-3-9/h4,9-10H,1-3,5-8H2,(H,19,20). The summed E-state index contributed by atoms with van der Waals surface area (Å²) < 4.78 is 32.5. The highest BCUT2D eigenvalue weighted by Gasteiger charge is 2.43. The molecule has 1 unspecified atom stereocenters. The van der Waals surface area contributed by atoms with Crippen LogP contribution in [0.2, 0.25) is 0 Å². The SMILES string of the molecule is O=C(O)C1CN(Cc2cc(C3CCC3)on2)CC(F)(F)C1. The number of carboxylic acid groups (broad SMARTS) is 1. The van der Waals surface area contributed by atoms with Crippen molar-refractivity contribution in [1.82, 2.24) is 10.1 Å². The van der Waals surface area contributed by atoms with E-state index in [0.717, 1.165) is 18.6 Å². The number of carbonyl (C=O) groups is 1. The van der Waals surface area contributed by atoms with E-state index in [-0.39, 0.29) is 13.1 Å². The minimum atomic E-state index is -2.97. The van der Waals surface area contributed by atoms with E-state index in [2.05, 4.69) is 5.16 Å². The quantitative estimate of drug-likeness (QED) is 0.925. The van der Waals surface area contributed by atoms with Gasteiger partial charge in [-0.15, -0.1) is 0 Å². The van der Waals surface area contributed by atoms with Crippen molar-refractivity contribution in [3.63, 3.8) is 0 Å². The second-order valence-electron chi connectivity index (χ2n) is 6.11. The Kier molecular flexibility index (Phi) is 3.69. The van der Waals surface area contributed by atoms with Gasteiger partial charge in [-0.25, -0.2) is 8.78 Å². The van der Waals surface area contributed by atoms with Crippen LogP contribution < -0.4 is 0 Å². The number of aliphatic carboxylic acids is 1. The van der Waals surface area contributed by atoms with Gasteiger partial charge in [-0.3, -0.25) is 9.69 Å². The van der Waals surface area contributed by atoms with Gasteiger partial charge in [0.25, 0.3) is 5.92 Å². The zero-order chi connectivity index (χ0) is 15.0. The number of piperidine rings is 1. The van der Waals surface area contributed by atoms with Crippen LogP contribution >= 0.6 is 0 Å². The molecule has 0 aromatic carbocycles. The van der Waals surface area contributed by atoms with E-state index >= 15 is 0 Å². The second kappa shape index (κ2) is 5.36. The third kappa shape index (κ3) is 3.23. The van der Waals surface area contributed by atoms with Gasteiger partial charge < -0.3 is 9.63 Å². The number of halogens is 2. The lowest BCUT2D eigenvalue weighted by Crippen LogP contribution is -2.48. The average Bonchev–Trinajstić information content (AvgIpc) is 2.72. The summed E-state index contributed by atoms with van der Waals surface area (Å²) in [5.41, 5.74) is 0.596. The monoisotopic (exact) mass is 300 g/mol. The van der Waals surface area contributed by atoms with Crippen molar-refractivity contribution in [1.29, 1.82) is 0 Å². The molecular formula is C14H18F2N2O3. The zero-order valence-electron chi connectivity index (χ0n) is 11.6. The van der Waals surface area contributed by atoms with Crippen LogP contribution in [0.3, 0.4) is 0 Å². The summed E-state index contributed by atoms with van der Waals surface area (Å²) in [6, 6.07) is 1.81. The smallest absolute Gasteiger partial charge is 0.308 e. The Balaban J connectivity index is 1.65. The fraction of sp³-hybridized carbons (Fsp3) is 0.714. The molecule has 1 aromatic heterocycles. The third-order valence-corrected chi connectivity index (χ3v) is 4.30. The molecule has 1 aliphatic heterocycles. The van der Waals surface area contributed by atoms with Gasteiger partial charge in [0.05, 0.1) is 18.2 Å². The van der Waals surface area contributed by atoms with E-state index < -0.39 is 30.8 Å². The number of hydrogen-bond donors (Lipinski definition) is 1. The van der Waals surface area contributed by atoms with Crippen LogP contribution in [0.4, 0.5) is 8.78 Å². The fourth-order valence-electron chi connectivity index (χ4n) is 3.00. The van der Waals surface area contributed by atoms with Crippen molar-refractivity contribution in [2.24, 2.45) is 5.92 Å². The largest absolute Gasteiger partial charge is 0.481 e. The van der Waals surface area contributed by atoms with Crippen molar-refractivity contribution < 1.29 is 23.2 Å². The van der Waals surface area contributed by atoms with E-state index in [1.807, 2.05) is 6.07 Å². The molecule has 2 aliphatic rings. The molecule has 116 valence electrons. The fourth-order valence-corrected chi connectivity index (χ4v) is 3.00. The number of hydrogen-bond acceptors (Lipinski definition) is 4. The molecule has 2 fully saturated rings. The predicted molar refractivity (Wildman–Crippen MR) is 69.1 cm³/mol. The second-order valence-corrected chi connectivity index (χ2v) is 6.11. The minimum Gasteiger partial charge on any atom is -0.481 e. The maximum absolute atomic E-state index is 13.6. The summed E-state index contributed by atoms with van der Waals surface area (Å²) in [6.45, 7) is -0.103. The molecule has 1 saturated heterocycles. The maximum atomic E-state index is 13.6. The van der Waals surface area contributed by atoms with Gasteiger partial charge in [0.15, 0.2) is 0 Å². The highest BCUT2D eigenvalue weighted by Crippen LogP contribution is 2.37. The van der Waals surface area contributed by atoms with Crippen molar-refractivity contribution in [3.05, 3.63) is 17.5 Å². The molecule has 0 spiro atoms. The molecule has 1 aromatic rings. The first kappa shape index (κ1) is 14.4. The number of alkyl halides is 2. The first-order valence-corrected chi connectivity index (χ1v) is 7.21. The lowest BCUT2D eigenvalue weighted by molar-refractivity contribution is -0.153. The molecule has 1 saturated carbocycles. The van der Waals surface area contributed by atoms with Gasteiger partial charge in [-0.05, 0) is 12.8 Å². The van der Waals surface area contributed by atoms with Crippen LogP contribution in [0.1, 0.15) is 43.1 Å². The molecule has 2 heterocycles. The molecule has 1 atom stereocenters. The maximum Gasteiger partial charge on any atom is 0.308 e. The summed E-state index contributed by atoms with van der Waals surface area (Å²) in [5.74, 6) is -3.96. The summed E-state index contributed by atoms with van der Waals surface area (Å²) in [5, 5.41) is 12.9. The lowest BCUT2D eigenvalue weighted by atomic mass is 9.83. The van der Waals surface area contributed by atoms with Crippen LogP contribution in [-0.4, -0.2) is 40.1 Å². The van der Waals surface area contributed by atoms with Crippen molar-refractivity contribution in [2.75, 3.05) is 13.1 Å². The molecule has 3 rings (SSSR count). The van der Waals surface area contributed by atoms with Gasteiger partial charge >= 0.3 is 5.97 Å². The van der Waals surface area contributed by atoms with E-state index in [1.165, 1.54) is 11.3 Å². The van der Waals surface area contributed by atoms with E-state index in [0.29, 0.717) is 11.6 Å². The summed E-state index contributed by atoms with van der Waals surface area (Å²) >= 11 is 0. The Hall–Kier alpha value is -1.50. The Bertz CT molecular complexity index is 528. The highest BCUT2D eigenvalue weighted by atomic mass is 19.3. The van der Waals surface area contributed by atoms with Crippen LogP contribution in [-0.2, 0) is 11.3 Å². The van der Waals surface area contributed by atoms with Gasteiger partial charge in [0.1, 0.15) is 5.76 Å². The molecule has 0 radical (unpaired) electrons. The normalized spacial score (nSPS) is 26.5. The van der Waals surface area contributed by atoms with Crippen LogP contribution in [0.15, 0.2) is 10.6 Å². The molecule has 0 bridgehead atoms. The topological polar surface area (TPSA) is 66.6 Å². The van der Waals surface area contributed by atoms with Crippen molar-refractivity contribution in [3.8, 4) is 0 Å². The zero-order valence-corrected chi connectivity index (χ0v) is 11.6. The first-order valence-electron chi connectivity index (χ1n) is 7.21. The van der Waals surface area contributed by atoms with E-state index in [4.69, 9.17) is 9.63 Å². The van der Waals surface area contributed by atoms with Crippen LogP contribution in [0, 0.1) is 5.92 Å². The van der Waals surface area contributed by atoms with Crippen molar-refractivity contribution >= 4 is 5.97 Å². The summed E-state index contributed by atoms with van der Waals surface area (Å²) in [6.07, 6.45) is 2.75. The number of carboxylic acids is 1. The van der Waals surface area contributed by atoms with Crippen LogP contribution in [0.25, 0.3) is 0 Å². The number of likely N-dealkylation sites (tertiary alicyclic amines) is 1. The van der Waals surface area contributed by atoms with Crippen LogP contribution in [0.5, 0.6) is 0 Å². The molecule has 7 heteroatoms. The third-order valence-electron chi connectivity index (χ3n) is 4.30. The molecular weight excluding hydrogens is 282 g/mol. The first-order chi connectivity index (χ1) is 9.93. The Morgan fingerprint density at radius 2 is 2.29 bits per heavy atom. The van der Waals surface area contributed by atoms with Gasteiger partial charge in [-0.2, -0.15) is 0 Å². The lowest BCUT2D eigenvalue weighted by Gasteiger charge is -2.35. The van der Waals surface area contributed by atoms with E-state index in [1.54, 1.807) is 0 Å². The Morgan fingerprint density at radius 1 is 1.52 bits per heavy atom. The highest BCUT2D eigenvalue weighted by molar-refractivity contribution is 5.70. The van der Waals surface area contributed by atoms with Gasteiger partial charge in [0.2, 0.25) is 0 Å². The Morgan fingerprint density at radius 3 is 2.90 bits per heavy atom. The molecule has 5 nitrogen and oxygen atoms in total. The number of nitrogens with zero attached hydrogens (tertiary/aromatic N) is 2. The van der Waals surface area contributed by atoms with Crippen molar-refractivity contribution in [2.45, 2.75) is 44.1 Å². The molecule has 1 N–H and O–H groups in total. The summed E-state index contributed by atoms with van der Waals surface area (Å²) in [7, 11) is 0. The predicted octanol–water partition coefficient (Wildman–Crippen LogP) is 2.48. The average molecular weight is 300 g/mol.